The van der Waals surface area contributed by atoms with Crippen LogP contribution in [0.3, 0.4) is 0 Å². The van der Waals surface area contributed by atoms with Crippen LogP contribution in [0, 0.1) is 0 Å². The van der Waals surface area contributed by atoms with Crippen LogP contribution in [-0.2, 0) is 21.4 Å². The van der Waals surface area contributed by atoms with Crippen molar-refractivity contribution >= 4 is 15.9 Å². The van der Waals surface area contributed by atoms with Gasteiger partial charge in [-0.15, -0.1) is 0 Å². The minimum absolute atomic E-state index is 0.0473. The van der Waals surface area contributed by atoms with Crippen LogP contribution < -0.4 is 14.8 Å². The summed E-state index contributed by atoms with van der Waals surface area (Å²) in [5, 5.41) is 2.75. The van der Waals surface area contributed by atoms with Crippen molar-refractivity contribution in [3.63, 3.8) is 0 Å². The number of rotatable bonds is 8. The van der Waals surface area contributed by atoms with Crippen LogP contribution in [0.1, 0.15) is 12.0 Å². The summed E-state index contributed by atoms with van der Waals surface area (Å²) < 4.78 is 31.5. The molecule has 2 rings (SSSR count). The first kappa shape index (κ1) is 18.0. The second kappa shape index (κ2) is 8.47. The topological polar surface area (TPSA) is 84.5 Å². The molecule has 0 aliphatic rings. The third-order valence-electron chi connectivity index (χ3n) is 3.35. The number of ether oxygens (including phenoxy) is 1. The molecule has 0 aliphatic carbocycles. The zero-order valence-corrected chi connectivity index (χ0v) is 14.2. The average Bonchev–Trinajstić information content (AvgIpc) is 2.61. The second-order valence-electron chi connectivity index (χ2n) is 5.09. The summed E-state index contributed by atoms with van der Waals surface area (Å²) >= 11 is 0. The Hall–Kier alpha value is -2.38. The van der Waals surface area contributed by atoms with E-state index in [4.69, 9.17) is 4.74 Å². The van der Waals surface area contributed by atoms with Gasteiger partial charge in [-0.05, 0) is 29.8 Å². The fourth-order valence-corrected chi connectivity index (χ4v) is 3.07. The Bertz CT molecular complexity index is 759. The summed E-state index contributed by atoms with van der Waals surface area (Å²) in [7, 11) is -1.98. The Kier molecular flexibility index (Phi) is 6.34. The number of carbonyl (C=O) groups excluding carboxylic acids is 1. The van der Waals surface area contributed by atoms with Crippen LogP contribution in [0.25, 0.3) is 0 Å². The first-order valence-corrected chi connectivity index (χ1v) is 8.94. The molecule has 7 heteroatoms. The second-order valence-corrected chi connectivity index (χ2v) is 6.85. The van der Waals surface area contributed by atoms with Gasteiger partial charge in [0.1, 0.15) is 5.75 Å². The first-order valence-electron chi connectivity index (χ1n) is 7.45. The molecule has 24 heavy (non-hydrogen) atoms. The van der Waals surface area contributed by atoms with Gasteiger partial charge in [0.25, 0.3) is 0 Å². The maximum absolute atomic E-state index is 12.0. The van der Waals surface area contributed by atoms with E-state index in [1.807, 2.05) is 24.3 Å². The van der Waals surface area contributed by atoms with Gasteiger partial charge >= 0.3 is 0 Å². The van der Waals surface area contributed by atoms with Crippen molar-refractivity contribution in [2.24, 2.45) is 0 Å². The molecule has 6 nitrogen and oxygen atoms in total. The number of methoxy groups -OCH3 is 1. The lowest BCUT2D eigenvalue weighted by molar-refractivity contribution is -0.121. The van der Waals surface area contributed by atoms with Crippen LogP contribution in [0.2, 0.25) is 0 Å². The average molecular weight is 348 g/mol. The molecule has 2 aromatic rings. The van der Waals surface area contributed by atoms with E-state index < -0.39 is 10.0 Å². The van der Waals surface area contributed by atoms with Crippen molar-refractivity contribution in [2.75, 3.05) is 13.7 Å². The molecule has 2 aromatic carbocycles. The van der Waals surface area contributed by atoms with Crippen LogP contribution >= 0.6 is 0 Å². The van der Waals surface area contributed by atoms with Gasteiger partial charge in [0, 0.05) is 19.5 Å². The molecule has 0 bridgehead atoms. The molecule has 0 aromatic heterocycles. The van der Waals surface area contributed by atoms with Crippen molar-refractivity contribution in [1.29, 1.82) is 0 Å². The third kappa shape index (κ3) is 5.36. The SMILES string of the molecule is COc1ccc(CNC(=O)CCNS(=O)(=O)c2ccccc2)cc1. The van der Waals surface area contributed by atoms with Crippen LogP contribution in [0.4, 0.5) is 0 Å². The fraction of sp³-hybridized carbons (Fsp3) is 0.235. The molecule has 0 radical (unpaired) electrons. The van der Waals surface area contributed by atoms with Crippen molar-refractivity contribution in [1.82, 2.24) is 10.0 Å². The van der Waals surface area contributed by atoms with E-state index in [0.717, 1.165) is 11.3 Å². The number of benzene rings is 2. The van der Waals surface area contributed by atoms with Gasteiger partial charge in [-0.2, -0.15) is 0 Å². The summed E-state index contributed by atoms with van der Waals surface area (Å²) in [4.78, 5) is 12.0. The van der Waals surface area contributed by atoms with E-state index in [-0.39, 0.29) is 23.8 Å². The van der Waals surface area contributed by atoms with E-state index in [1.165, 1.54) is 12.1 Å². The molecule has 0 fully saturated rings. The Morgan fingerprint density at radius 1 is 1.04 bits per heavy atom. The molecule has 128 valence electrons. The van der Waals surface area contributed by atoms with Crippen molar-refractivity contribution in [3.05, 3.63) is 60.2 Å². The number of sulfonamides is 1. The highest BCUT2D eigenvalue weighted by molar-refractivity contribution is 7.89. The maximum Gasteiger partial charge on any atom is 0.240 e. The lowest BCUT2D eigenvalue weighted by atomic mass is 10.2. The number of hydrogen-bond donors (Lipinski definition) is 2. The Labute approximate surface area is 141 Å². The quantitative estimate of drug-likeness (QED) is 0.760. The first-order chi connectivity index (χ1) is 11.5. The summed E-state index contributed by atoms with van der Waals surface area (Å²) in [5.41, 5.74) is 0.939. The predicted octanol–water partition coefficient (Wildman–Crippen LogP) is 1.68. The van der Waals surface area contributed by atoms with Gasteiger partial charge < -0.3 is 10.1 Å². The minimum atomic E-state index is -3.57. The molecule has 0 saturated heterocycles. The smallest absolute Gasteiger partial charge is 0.240 e. The monoisotopic (exact) mass is 348 g/mol. The van der Waals surface area contributed by atoms with Gasteiger partial charge in [-0.1, -0.05) is 30.3 Å². The van der Waals surface area contributed by atoms with Crippen LogP contribution in [0.5, 0.6) is 5.75 Å². The lowest BCUT2D eigenvalue weighted by Crippen LogP contribution is -2.30. The lowest BCUT2D eigenvalue weighted by Gasteiger charge is -2.08. The highest BCUT2D eigenvalue weighted by Gasteiger charge is 2.13. The molecule has 0 saturated carbocycles. The van der Waals surface area contributed by atoms with Gasteiger partial charge in [0.05, 0.1) is 12.0 Å². The zero-order valence-electron chi connectivity index (χ0n) is 13.4. The molecule has 2 N–H and O–H groups in total. The predicted molar refractivity (Wildman–Crippen MR) is 91.1 cm³/mol. The number of nitrogens with one attached hydrogen (secondary N) is 2. The largest absolute Gasteiger partial charge is 0.497 e. The fourth-order valence-electron chi connectivity index (χ4n) is 2.01. The standard InChI is InChI=1S/C17H20N2O4S/c1-23-15-9-7-14(8-10-15)13-18-17(20)11-12-19-24(21,22)16-5-3-2-4-6-16/h2-10,19H,11-13H2,1H3,(H,18,20). The van der Waals surface area contributed by atoms with Gasteiger partial charge in [0.15, 0.2) is 0 Å². The molecule has 0 aliphatic heterocycles. The zero-order chi connectivity index (χ0) is 17.4. The summed E-state index contributed by atoms with van der Waals surface area (Å²) in [6.45, 7) is 0.430. The van der Waals surface area contributed by atoms with Crippen LogP contribution in [0.15, 0.2) is 59.5 Å². The molecule has 1 amide bonds. The van der Waals surface area contributed by atoms with Gasteiger partial charge in [-0.3, -0.25) is 4.79 Å². The van der Waals surface area contributed by atoms with Gasteiger partial charge in [0.2, 0.25) is 15.9 Å². The molecule has 0 atom stereocenters. The highest BCUT2D eigenvalue weighted by atomic mass is 32.2. The Morgan fingerprint density at radius 3 is 2.33 bits per heavy atom. The van der Waals surface area contributed by atoms with E-state index in [9.17, 15) is 13.2 Å². The van der Waals surface area contributed by atoms with E-state index in [2.05, 4.69) is 10.0 Å². The highest BCUT2D eigenvalue weighted by Crippen LogP contribution is 2.11. The molecule has 0 heterocycles. The number of amides is 1. The van der Waals surface area contributed by atoms with Crippen molar-refractivity contribution in [3.8, 4) is 5.75 Å². The number of carbonyl (C=O) groups is 1. The van der Waals surface area contributed by atoms with Gasteiger partial charge in [-0.25, -0.2) is 13.1 Å². The third-order valence-corrected chi connectivity index (χ3v) is 4.82. The summed E-state index contributed by atoms with van der Waals surface area (Å²) in [5.74, 6) is 0.530. The minimum Gasteiger partial charge on any atom is -0.497 e. The van der Waals surface area contributed by atoms with Crippen LogP contribution in [-0.4, -0.2) is 28.0 Å². The normalized spacial score (nSPS) is 11.0. The van der Waals surface area contributed by atoms with E-state index >= 15 is 0 Å². The Balaban J connectivity index is 1.75. The Morgan fingerprint density at radius 2 is 1.71 bits per heavy atom. The maximum atomic E-state index is 12.0. The molecular formula is C17H20N2O4S. The van der Waals surface area contributed by atoms with E-state index in [0.29, 0.717) is 6.54 Å². The molecular weight excluding hydrogens is 328 g/mol. The molecule has 0 spiro atoms. The van der Waals surface area contributed by atoms with Crippen molar-refractivity contribution < 1.29 is 17.9 Å². The molecule has 0 unspecified atom stereocenters. The summed E-state index contributed by atoms with van der Waals surface area (Å²) in [6.07, 6.45) is 0.0716. The van der Waals surface area contributed by atoms with Crippen molar-refractivity contribution in [2.45, 2.75) is 17.9 Å². The number of hydrogen-bond acceptors (Lipinski definition) is 4. The summed E-state index contributed by atoms with van der Waals surface area (Å²) in [6, 6.07) is 15.4. The van der Waals surface area contributed by atoms with E-state index in [1.54, 1.807) is 25.3 Å².